The Kier molecular flexibility index (Phi) is 9.39. The van der Waals surface area contributed by atoms with Crippen molar-refractivity contribution < 1.29 is 34.8 Å². The summed E-state index contributed by atoms with van der Waals surface area (Å²) in [4.78, 5) is 23.6. The second-order valence-corrected chi connectivity index (χ2v) is 11.6. The summed E-state index contributed by atoms with van der Waals surface area (Å²) in [6, 6.07) is 0. The first-order valence-electron chi connectivity index (χ1n) is 10.6. The van der Waals surface area contributed by atoms with Crippen molar-refractivity contribution in [1.29, 1.82) is 0 Å². The van der Waals surface area contributed by atoms with E-state index < -0.39 is 42.7 Å². The van der Waals surface area contributed by atoms with Crippen molar-refractivity contribution in [2.24, 2.45) is 0 Å². The minimum atomic E-state index is -3.86. The third-order valence-electron chi connectivity index (χ3n) is 5.60. The van der Waals surface area contributed by atoms with Gasteiger partial charge in [0.2, 0.25) is 0 Å². The van der Waals surface area contributed by atoms with E-state index in [4.69, 9.17) is 8.37 Å². The molecule has 168 valence electrons. The highest BCUT2D eigenvalue weighted by Gasteiger charge is 2.31. The number of rotatable bonds is 10. The highest BCUT2D eigenvalue weighted by atomic mass is 32.2. The molecule has 0 aromatic rings. The van der Waals surface area contributed by atoms with Gasteiger partial charge < -0.3 is 8.37 Å². The van der Waals surface area contributed by atoms with Gasteiger partial charge in [-0.15, -0.1) is 0 Å². The van der Waals surface area contributed by atoms with Gasteiger partial charge in [-0.25, -0.2) is 0 Å². The fourth-order valence-corrected chi connectivity index (χ4v) is 6.68. The van der Waals surface area contributed by atoms with E-state index in [1.807, 2.05) is 0 Å². The summed E-state index contributed by atoms with van der Waals surface area (Å²) in [6.45, 7) is 0. The molecule has 0 unspecified atom stereocenters. The van der Waals surface area contributed by atoms with Gasteiger partial charge in [-0.3, -0.25) is 9.59 Å². The van der Waals surface area contributed by atoms with Crippen LogP contribution in [0.1, 0.15) is 96.3 Å². The third kappa shape index (κ3) is 8.24. The summed E-state index contributed by atoms with van der Waals surface area (Å²) in [5, 5.41) is -1.19. The van der Waals surface area contributed by atoms with Crippen LogP contribution in [0.2, 0.25) is 0 Å². The maximum Gasteiger partial charge on any atom is 0.322 e. The summed E-state index contributed by atoms with van der Waals surface area (Å²) in [7, 11) is -7.72. The molecule has 2 aliphatic rings. The van der Waals surface area contributed by atoms with E-state index in [0.29, 0.717) is 44.9 Å². The Balaban J connectivity index is 1.61. The quantitative estimate of drug-likeness (QED) is 0.365. The van der Waals surface area contributed by atoms with Crippen molar-refractivity contribution in [3.63, 3.8) is 0 Å². The molecule has 8 nitrogen and oxygen atoms in total. The molecule has 2 rings (SSSR count). The molecular formula is C19H32O8S2. The Labute approximate surface area is 174 Å². The lowest BCUT2D eigenvalue weighted by molar-refractivity contribution is -0.134. The van der Waals surface area contributed by atoms with Crippen LogP contribution in [0.15, 0.2) is 0 Å². The normalized spacial score (nSPS) is 19.6. The van der Waals surface area contributed by atoms with Crippen LogP contribution in [0.25, 0.3) is 0 Å². The van der Waals surface area contributed by atoms with E-state index in [1.54, 1.807) is 0 Å². The smallest absolute Gasteiger partial charge is 0.322 e. The molecule has 0 spiro atoms. The van der Waals surface area contributed by atoms with Crippen molar-refractivity contribution in [1.82, 2.24) is 0 Å². The van der Waals surface area contributed by atoms with Crippen LogP contribution in [0.5, 0.6) is 0 Å². The molecule has 0 aliphatic heterocycles. The number of carbonyl (C=O) groups excluding carboxylic acids is 2. The second-order valence-electron chi connectivity index (χ2n) is 7.98. The molecular weight excluding hydrogens is 420 g/mol. The second kappa shape index (κ2) is 11.3. The molecule has 0 N–H and O–H groups in total. The van der Waals surface area contributed by atoms with Crippen molar-refractivity contribution in [2.45, 2.75) is 107 Å². The van der Waals surface area contributed by atoms with Gasteiger partial charge in [0, 0.05) is 12.8 Å². The van der Waals surface area contributed by atoms with Crippen LogP contribution in [-0.4, -0.2) is 39.3 Å². The van der Waals surface area contributed by atoms with Crippen LogP contribution in [0.3, 0.4) is 0 Å². The van der Waals surface area contributed by atoms with Gasteiger partial charge in [-0.1, -0.05) is 44.9 Å². The van der Waals surface area contributed by atoms with Crippen molar-refractivity contribution >= 4 is 32.2 Å². The average Bonchev–Trinajstić information content (AvgIpc) is 2.68. The van der Waals surface area contributed by atoms with Crippen LogP contribution in [0.4, 0.5) is 0 Å². The van der Waals surface area contributed by atoms with Crippen molar-refractivity contribution in [2.75, 3.05) is 0 Å². The fraction of sp³-hybridized carbons (Fsp3) is 0.895. The van der Waals surface area contributed by atoms with E-state index >= 15 is 0 Å². The molecule has 0 radical (unpaired) electrons. The summed E-state index contributed by atoms with van der Waals surface area (Å²) in [5.41, 5.74) is 0. The predicted molar refractivity (Wildman–Crippen MR) is 107 cm³/mol. The van der Waals surface area contributed by atoms with Crippen LogP contribution in [0, 0.1) is 0 Å². The molecule has 0 bridgehead atoms. The molecule has 0 atom stereocenters. The molecule has 0 saturated heterocycles. The average molecular weight is 453 g/mol. The summed E-state index contributed by atoms with van der Waals surface area (Å²) in [5.74, 6) is -1.56. The SMILES string of the molecule is O=C(CCCCCC(=O)OS(=O)(=O)C1CCCCC1)OS(=O)(=O)C1CCCCC1. The van der Waals surface area contributed by atoms with Crippen molar-refractivity contribution in [3.8, 4) is 0 Å². The zero-order valence-electron chi connectivity index (χ0n) is 16.8. The Morgan fingerprint density at radius 3 is 1.28 bits per heavy atom. The Bertz CT molecular complexity index is 681. The lowest BCUT2D eigenvalue weighted by Gasteiger charge is -2.20. The largest absolute Gasteiger partial charge is 0.345 e. The highest BCUT2D eigenvalue weighted by Crippen LogP contribution is 2.26. The number of hydrogen-bond acceptors (Lipinski definition) is 8. The monoisotopic (exact) mass is 452 g/mol. The standard InChI is InChI=1S/C19H32O8S2/c20-18(26-28(22,23)16-10-4-1-5-11-16)14-8-3-9-15-19(21)27-29(24,25)17-12-6-2-7-13-17/h16-17H,1-15H2. The van der Waals surface area contributed by atoms with E-state index in [0.717, 1.165) is 38.5 Å². The zero-order valence-corrected chi connectivity index (χ0v) is 18.5. The molecule has 2 saturated carbocycles. The van der Waals surface area contributed by atoms with Gasteiger partial charge in [0.25, 0.3) is 0 Å². The lowest BCUT2D eigenvalue weighted by atomic mass is 10.0. The van der Waals surface area contributed by atoms with E-state index in [2.05, 4.69) is 0 Å². The third-order valence-corrected chi connectivity index (χ3v) is 9.01. The Hall–Kier alpha value is -1.16. The Morgan fingerprint density at radius 2 is 0.931 bits per heavy atom. The van der Waals surface area contributed by atoms with E-state index in [-0.39, 0.29) is 12.8 Å². The minimum absolute atomic E-state index is 0.0542. The first kappa shape index (κ1) is 24.1. The predicted octanol–water partition coefficient (Wildman–Crippen LogP) is 3.35. The van der Waals surface area contributed by atoms with Crippen LogP contribution >= 0.6 is 0 Å². The molecule has 10 heteroatoms. The molecule has 0 aromatic carbocycles. The summed E-state index contributed by atoms with van der Waals surface area (Å²) >= 11 is 0. The van der Waals surface area contributed by atoms with Gasteiger partial charge in [-0.05, 0) is 38.5 Å². The molecule has 2 fully saturated rings. The van der Waals surface area contributed by atoms with Crippen LogP contribution in [-0.2, 0) is 38.2 Å². The highest BCUT2D eigenvalue weighted by molar-refractivity contribution is 7.88. The molecule has 2 aliphatic carbocycles. The Morgan fingerprint density at radius 1 is 0.586 bits per heavy atom. The van der Waals surface area contributed by atoms with E-state index in [1.165, 1.54) is 0 Å². The summed E-state index contributed by atoms with van der Waals surface area (Å²) in [6.07, 6.45) is 8.52. The number of carbonyl (C=O) groups is 2. The number of hydrogen-bond donors (Lipinski definition) is 0. The van der Waals surface area contributed by atoms with E-state index in [9.17, 15) is 26.4 Å². The number of unbranched alkanes of at least 4 members (excludes halogenated alkanes) is 2. The molecule has 0 amide bonds. The fourth-order valence-electron chi connectivity index (χ4n) is 3.90. The lowest BCUT2D eigenvalue weighted by Crippen LogP contribution is -2.28. The maximum absolute atomic E-state index is 12.1. The van der Waals surface area contributed by atoms with Gasteiger partial charge in [0.05, 0.1) is 10.5 Å². The first-order valence-corrected chi connectivity index (χ1v) is 13.6. The zero-order chi connectivity index (χ0) is 21.3. The first-order chi connectivity index (χ1) is 13.7. The summed E-state index contributed by atoms with van der Waals surface area (Å²) < 4.78 is 57.7. The molecule has 29 heavy (non-hydrogen) atoms. The van der Waals surface area contributed by atoms with Crippen LogP contribution < -0.4 is 0 Å². The van der Waals surface area contributed by atoms with Gasteiger partial charge in [-0.2, -0.15) is 16.8 Å². The maximum atomic E-state index is 12.1. The van der Waals surface area contributed by atoms with Gasteiger partial charge >= 0.3 is 32.2 Å². The van der Waals surface area contributed by atoms with Gasteiger partial charge in [0.1, 0.15) is 0 Å². The molecule has 0 aromatic heterocycles. The van der Waals surface area contributed by atoms with Crippen molar-refractivity contribution in [3.05, 3.63) is 0 Å². The van der Waals surface area contributed by atoms with Gasteiger partial charge in [0.15, 0.2) is 0 Å². The topological polar surface area (TPSA) is 121 Å². The molecule has 0 heterocycles. The minimum Gasteiger partial charge on any atom is -0.345 e.